The molecule has 1 atom stereocenters. The molecule has 1 aromatic carbocycles. The summed E-state index contributed by atoms with van der Waals surface area (Å²) in [4.78, 5) is 2.40. The molecule has 1 aliphatic rings. The first-order valence-corrected chi connectivity index (χ1v) is 6.04. The van der Waals surface area contributed by atoms with Gasteiger partial charge >= 0.3 is 0 Å². The van der Waals surface area contributed by atoms with Gasteiger partial charge in [-0.2, -0.15) is 0 Å². The Labute approximate surface area is 104 Å². The zero-order chi connectivity index (χ0) is 12.3. The first-order valence-electron chi connectivity index (χ1n) is 6.04. The Kier molecular flexibility index (Phi) is 3.48. The molecule has 0 fully saturated rings. The SMILES string of the molecule is C=CCC1C=Cc2cccc(C)c2N1CC=C. The Balaban J connectivity index is 2.45. The minimum absolute atomic E-state index is 0.402. The number of nitrogens with zero attached hydrogens (tertiary/aromatic N) is 1. The molecule has 1 heterocycles. The molecule has 1 nitrogen and oxygen atoms in total. The molecule has 0 saturated heterocycles. The molecule has 0 saturated carbocycles. The van der Waals surface area contributed by atoms with Crippen molar-refractivity contribution in [3.05, 3.63) is 60.7 Å². The second kappa shape index (κ2) is 5.05. The topological polar surface area (TPSA) is 3.24 Å². The summed E-state index contributed by atoms with van der Waals surface area (Å²) in [6.45, 7) is 10.7. The second-order valence-corrected chi connectivity index (χ2v) is 4.40. The van der Waals surface area contributed by atoms with Crippen LogP contribution in [0.15, 0.2) is 49.6 Å². The fraction of sp³-hybridized carbons (Fsp3) is 0.250. The van der Waals surface area contributed by atoms with E-state index in [9.17, 15) is 0 Å². The Bertz CT molecular complexity index is 457. The number of hydrogen-bond acceptors (Lipinski definition) is 1. The zero-order valence-electron chi connectivity index (χ0n) is 10.4. The summed E-state index contributed by atoms with van der Waals surface area (Å²) >= 11 is 0. The largest absolute Gasteiger partial charge is 0.360 e. The molecule has 0 bridgehead atoms. The second-order valence-electron chi connectivity index (χ2n) is 4.40. The van der Waals surface area contributed by atoms with Gasteiger partial charge in [-0.15, -0.1) is 13.2 Å². The van der Waals surface area contributed by atoms with Crippen molar-refractivity contribution in [3.8, 4) is 0 Å². The Morgan fingerprint density at radius 2 is 2.12 bits per heavy atom. The van der Waals surface area contributed by atoms with Crippen molar-refractivity contribution in [2.45, 2.75) is 19.4 Å². The van der Waals surface area contributed by atoms with Crippen molar-refractivity contribution < 1.29 is 0 Å². The van der Waals surface area contributed by atoms with Gasteiger partial charge in [0.05, 0.1) is 6.04 Å². The minimum atomic E-state index is 0.402. The van der Waals surface area contributed by atoms with Gasteiger partial charge in [0, 0.05) is 12.2 Å². The molecule has 88 valence electrons. The van der Waals surface area contributed by atoms with Crippen LogP contribution in [0.2, 0.25) is 0 Å². The summed E-state index contributed by atoms with van der Waals surface area (Å²) in [5.74, 6) is 0. The van der Waals surface area contributed by atoms with E-state index in [1.54, 1.807) is 0 Å². The van der Waals surface area contributed by atoms with Crippen LogP contribution in [-0.4, -0.2) is 12.6 Å². The van der Waals surface area contributed by atoms with E-state index in [-0.39, 0.29) is 0 Å². The number of para-hydroxylation sites is 1. The first kappa shape index (κ1) is 11.7. The Morgan fingerprint density at radius 3 is 2.82 bits per heavy atom. The summed E-state index contributed by atoms with van der Waals surface area (Å²) in [6, 6.07) is 6.84. The molecule has 1 heteroatoms. The number of rotatable bonds is 4. The molecule has 17 heavy (non-hydrogen) atoms. The predicted molar refractivity (Wildman–Crippen MR) is 76.4 cm³/mol. The molecule has 0 radical (unpaired) electrons. The molecule has 1 unspecified atom stereocenters. The lowest BCUT2D eigenvalue weighted by Crippen LogP contribution is -2.36. The highest BCUT2D eigenvalue weighted by molar-refractivity contribution is 5.75. The summed E-state index contributed by atoms with van der Waals surface area (Å²) in [6.07, 6.45) is 9.39. The lowest BCUT2D eigenvalue weighted by Gasteiger charge is -2.35. The fourth-order valence-corrected chi connectivity index (χ4v) is 2.44. The van der Waals surface area contributed by atoms with E-state index in [4.69, 9.17) is 0 Å². The molecule has 0 aromatic heterocycles. The molecule has 1 aromatic rings. The lowest BCUT2D eigenvalue weighted by atomic mass is 9.98. The third-order valence-corrected chi connectivity index (χ3v) is 3.19. The quantitative estimate of drug-likeness (QED) is 0.701. The monoisotopic (exact) mass is 225 g/mol. The molecule has 0 aliphatic carbocycles. The van der Waals surface area contributed by atoms with Gasteiger partial charge in [0.1, 0.15) is 0 Å². The lowest BCUT2D eigenvalue weighted by molar-refractivity contribution is 0.723. The summed E-state index contributed by atoms with van der Waals surface area (Å²) in [5, 5.41) is 0. The molecule has 0 spiro atoms. The van der Waals surface area contributed by atoms with Gasteiger partial charge in [-0.05, 0) is 24.5 Å². The van der Waals surface area contributed by atoms with E-state index < -0.39 is 0 Å². The van der Waals surface area contributed by atoms with Crippen LogP contribution in [-0.2, 0) is 0 Å². The van der Waals surface area contributed by atoms with Crippen molar-refractivity contribution in [3.63, 3.8) is 0 Å². The number of hydrogen-bond donors (Lipinski definition) is 0. The van der Waals surface area contributed by atoms with Crippen LogP contribution in [0.3, 0.4) is 0 Å². The number of anilines is 1. The van der Waals surface area contributed by atoms with Crippen LogP contribution in [0.25, 0.3) is 6.08 Å². The molecular weight excluding hydrogens is 206 g/mol. The molecule has 1 aliphatic heterocycles. The Hall–Kier alpha value is -1.76. The van der Waals surface area contributed by atoms with Gasteiger partial charge in [0.15, 0.2) is 0 Å². The van der Waals surface area contributed by atoms with Gasteiger partial charge in [-0.25, -0.2) is 0 Å². The van der Waals surface area contributed by atoms with Crippen molar-refractivity contribution in [1.82, 2.24) is 0 Å². The molecule has 0 N–H and O–H groups in total. The maximum atomic E-state index is 3.86. The van der Waals surface area contributed by atoms with Crippen LogP contribution in [0, 0.1) is 6.92 Å². The van der Waals surface area contributed by atoms with Gasteiger partial charge in [0.25, 0.3) is 0 Å². The van der Waals surface area contributed by atoms with Crippen molar-refractivity contribution in [1.29, 1.82) is 0 Å². The maximum Gasteiger partial charge on any atom is 0.0514 e. The summed E-state index contributed by atoms with van der Waals surface area (Å²) in [7, 11) is 0. The van der Waals surface area contributed by atoms with E-state index in [1.807, 2.05) is 12.2 Å². The fourth-order valence-electron chi connectivity index (χ4n) is 2.44. The predicted octanol–water partition coefficient (Wildman–Crippen LogP) is 3.96. The van der Waals surface area contributed by atoms with E-state index >= 15 is 0 Å². The van der Waals surface area contributed by atoms with Crippen LogP contribution >= 0.6 is 0 Å². The average molecular weight is 225 g/mol. The van der Waals surface area contributed by atoms with Gasteiger partial charge in [-0.1, -0.05) is 42.5 Å². The van der Waals surface area contributed by atoms with Crippen molar-refractivity contribution in [2.24, 2.45) is 0 Å². The highest BCUT2D eigenvalue weighted by Gasteiger charge is 2.21. The van der Waals surface area contributed by atoms with E-state index in [0.717, 1.165) is 13.0 Å². The highest BCUT2D eigenvalue weighted by Crippen LogP contribution is 2.33. The third-order valence-electron chi connectivity index (χ3n) is 3.19. The average Bonchev–Trinajstić information content (AvgIpc) is 2.33. The summed E-state index contributed by atoms with van der Waals surface area (Å²) in [5.41, 5.74) is 3.96. The van der Waals surface area contributed by atoms with Crippen LogP contribution in [0.1, 0.15) is 17.5 Å². The highest BCUT2D eigenvalue weighted by atomic mass is 15.2. The number of fused-ring (bicyclic) bond motifs is 1. The molecule has 0 amide bonds. The summed E-state index contributed by atoms with van der Waals surface area (Å²) < 4.78 is 0. The van der Waals surface area contributed by atoms with Crippen molar-refractivity contribution in [2.75, 3.05) is 11.4 Å². The number of benzene rings is 1. The van der Waals surface area contributed by atoms with Gasteiger partial charge in [-0.3, -0.25) is 0 Å². The van der Waals surface area contributed by atoms with Crippen LogP contribution in [0.5, 0.6) is 0 Å². The smallest absolute Gasteiger partial charge is 0.0514 e. The standard InChI is InChI=1S/C16H19N/c1-4-7-15-11-10-14-9-6-8-13(3)16(14)17(15)12-5-2/h4-6,8-11,15H,1-2,7,12H2,3H3. The van der Waals surface area contributed by atoms with Crippen LogP contribution in [0.4, 0.5) is 5.69 Å². The molecule has 2 rings (SSSR count). The van der Waals surface area contributed by atoms with E-state index in [0.29, 0.717) is 6.04 Å². The van der Waals surface area contributed by atoms with E-state index in [1.165, 1.54) is 16.8 Å². The zero-order valence-corrected chi connectivity index (χ0v) is 10.4. The first-order chi connectivity index (χ1) is 8.27. The molecular formula is C16H19N. The van der Waals surface area contributed by atoms with E-state index in [2.05, 4.69) is 55.3 Å². The van der Waals surface area contributed by atoms with Crippen LogP contribution < -0.4 is 4.90 Å². The third kappa shape index (κ3) is 2.19. The van der Waals surface area contributed by atoms with Gasteiger partial charge < -0.3 is 4.90 Å². The number of aryl methyl sites for hydroxylation is 1. The maximum absolute atomic E-state index is 3.86. The van der Waals surface area contributed by atoms with Crippen molar-refractivity contribution >= 4 is 11.8 Å². The van der Waals surface area contributed by atoms with Gasteiger partial charge in [0.2, 0.25) is 0 Å². The minimum Gasteiger partial charge on any atom is -0.360 e. The normalized spacial score (nSPS) is 17.7. The Morgan fingerprint density at radius 1 is 1.29 bits per heavy atom.